The van der Waals surface area contributed by atoms with Crippen LogP contribution in [0.15, 0.2) is 23.1 Å². The first-order chi connectivity index (χ1) is 7.74. The van der Waals surface area contributed by atoms with E-state index < -0.39 is 44.3 Å². The molecule has 0 unspecified atom stereocenters. The zero-order valence-electron chi connectivity index (χ0n) is 8.23. The van der Waals surface area contributed by atoms with E-state index in [0.29, 0.717) is 12.1 Å². The lowest BCUT2D eigenvalue weighted by Gasteiger charge is -2.06. The fourth-order valence-electron chi connectivity index (χ4n) is 1.13. The van der Waals surface area contributed by atoms with E-state index in [2.05, 4.69) is 0 Å². The highest BCUT2D eigenvalue weighted by atomic mass is 32.2. The largest absolute Gasteiger partial charge is 0.478 e. The molecule has 0 atom stereocenters. The molecular formula is C9H7F3O4S. The van der Waals surface area contributed by atoms with Gasteiger partial charge >= 0.3 is 5.97 Å². The molecule has 1 aromatic carbocycles. The minimum absolute atomic E-state index is 0.487. The number of alkyl halides is 2. The summed E-state index contributed by atoms with van der Waals surface area (Å²) in [5.41, 5.74) is -0.487. The van der Waals surface area contributed by atoms with Gasteiger partial charge in [-0.1, -0.05) is 0 Å². The number of carbonyl (C=O) groups is 1. The second-order valence-electron chi connectivity index (χ2n) is 3.12. The summed E-state index contributed by atoms with van der Waals surface area (Å²) in [4.78, 5) is 9.52. The Morgan fingerprint density at radius 3 is 2.41 bits per heavy atom. The van der Waals surface area contributed by atoms with Crippen LogP contribution >= 0.6 is 0 Å². The van der Waals surface area contributed by atoms with E-state index in [9.17, 15) is 26.4 Å². The van der Waals surface area contributed by atoms with Crippen molar-refractivity contribution in [1.82, 2.24) is 0 Å². The number of hydrogen-bond donors (Lipinski definition) is 1. The van der Waals surface area contributed by atoms with Crippen molar-refractivity contribution in [2.75, 3.05) is 5.75 Å². The molecule has 0 aliphatic carbocycles. The van der Waals surface area contributed by atoms with Crippen molar-refractivity contribution in [2.24, 2.45) is 0 Å². The molecule has 0 aliphatic heterocycles. The van der Waals surface area contributed by atoms with Gasteiger partial charge in [0.1, 0.15) is 16.5 Å². The third kappa shape index (κ3) is 3.19. The van der Waals surface area contributed by atoms with Crippen LogP contribution in [0.2, 0.25) is 0 Å². The number of benzene rings is 1. The average Bonchev–Trinajstić information content (AvgIpc) is 2.15. The third-order valence-electron chi connectivity index (χ3n) is 1.86. The predicted molar refractivity (Wildman–Crippen MR) is 51.4 cm³/mol. The summed E-state index contributed by atoms with van der Waals surface area (Å²) in [6.07, 6.45) is -3.16. The molecule has 0 fully saturated rings. The number of carboxylic acids is 1. The Labute approximate surface area is 94.6 Å². The molecule has 1 aromatic rings. The predicted octanol–water partition coefficient (Wildman–Crippen LogP) is 1.56. The fourth-order valence-corrected chi connectivity index (χ4v) is 2.31. The van der Waals surface area contributed by atoms with Crippen LogP contribution in [0.5, 0.6) is 0 Å². The number of hydrogen-bond acceptors (Lipinski definition) is 3. The number of rotatable bonds is 4. The summed E-state index contributed by atoms with van der Waals surface area (Å²) in [5.74, 6) is -4.28. The van der Waals surface area contributed by atoms with E-state index in [1.54, 1.807) is 0 Å². The topological polar surface area (TPSA) is 71.4 Å². The number of carboxylic acid groups (broad SMARTS) is 1. The number of sulfone groups is 1. The first-order valence-corrected chi connectivity index (χ1v) is 5.93. The summed E-state index contributed by atoms with van der Waals surface area (Å²) < 4.78 is 59.8. The van der Waals surface area contributed by atoms with E-state index >= 15 is 0 Å². The summed E-state index contributed by atoms with van der Waals surface area (Å²) in [6.45, 7) is 0. The first-order valence-electron chi connectivity index (χ1n) is 4.28. The average molecular weight is 268 g/mol. The van der Waals surface area contributed by atoms with Crippen LogP contribution in [0.4, 0.5) is 13.2 Å². The van der Waals surface area contributed by atoms with Crippen molar-refractivity contribution < 1.29 is 31.5 Å². The van der Waals surface area contributed by atoms with Gasteiger partial charge in [0.2, 0.25) is 0 Å². The number of aromatic carboxylic acids is 1. The smallest absolute Gasteiger partial charge is 0.335 e. The van der Waals surface area contributed by atoms with Gasteiger partial charge in [0, 0.05) is 0 Å². The van der Waals surface area contributed by atoms with E-state index in [-0.39, 0.29) is 0 Å². The summed E-state index contributed by atoms with van der Waals surface area (Å²) >= 11 is 0. The molecule has 0 amide bonds. The maximum absolute atomic E-state index is 13.2. The van der Waals surface area contributed by atoms with Gasteiger partial charge in [-0.2, -0.15) is 0 Å². The molecule has 94 valence electrons. The van der Waals surface area contributed by atoms with Crippen LogP contribution in [0.1, 0.15) is 10.4 Å². The monoisotopic (exact) mass is 268 g/mol. The Morgan fingerprint density at radius 2 is 1.94 bits per heavy atom. The lowest BCUT2D eigenvalue weighted by atomic mass is 10.2. The van der Waals surface area contributed by atoms with Crippen molar-refractivity contribution in [3.8, 4) is 0 Å². The Kier molecular flexibility index (Phi) is 3.76. The quantitative estimate of drug-likeness (QED) is 0.899. The zero-order chi connectivity index (χ0) is 13.2. The molecule has 4 nitrogen and oxygen atoms in total. The summed E-state index contributed by atoms with van der Waals surface area (Å²) in [7, 11) is -4.53. The lowest BCUT2D eigenvalue weighted by Crippen LogP contribution is -2.15. The van der Waals surface area contributed by atoms with Crippen molar-refractivity contribution in [3.05, 3.63) is 29.6 Å². The maximum atomic E-state index is 13.2. The van der Waals surface area contributed by atoms with Gasteiger partial charge < -0.3 is 5.11 Å². The highest BCUT2D eigenvalue weighted by molar-refractivity contribution is 7.91. The maximum Gasteiger partial charge on any atom is 0.335 e. The second kappa shape index (κ2) is 4.74. The molecule has 1 rings (SSSR count). The minimum atomic E-state index is -4.53. The molecular weight excluding hydrogens is 261 g/mol. The molecule has 17 heavy (non-hydrogen) atoms. The zero-order valence-corrected chi connectivity index (χ0v) is 9.05. The van der Waals surface area contributed by atoms with Gasteiger partial charge in [0.25, 0.3) is 6.43 Å². The highest BCUT2D eigenvalue weighted by Gasteiger charge is 2.25. The summed E-state index contributed by atoms with van der Waals surface area (Å²) in [5, 5.41) is 8.58. The molecule has 0 bridgehead atoms. The van der Waals surface area contributed by atoms with Crippen LogP contribution in [-0.2, 0) is 9.84 Å². The van der Waals surface area contributed by atoms with Crippen molar-refractivity contribution in [2.45, 2.75) is 11.3 Å². The van der Waals surface area contributed by atoms with Gasteiger partial charge in [-0.25, -0.2) is 26.4 Å². The highest BCUT2D eigenvalue weighted by Crippen LogP contribution is 2.19. The van der Waals surface area contributed by atoms with Crippen LogP contribution in [0.25, 0.3) is 0 Å². The van der Waals surface area contributed by atoms with Gasteiger partial charge in [0.05, 0.1) is 5.56 Å². The Balaban J connectivity index is 3.30. The Hall–Kier alpha value is -1.57. The Morgan fingerprint density at radius 1 is 1.35 bits per heavy atom. The molecule has 0 aromatic heterocycles. The molecule has 0 spiro atoms. The van der Waals surface area contributed by atoms with E-state index in [1.165, 1.54) is 0 Å². The molecule has 8 heteroatoms. The number of halogens is 3. The van der Waals surface area contributed by atoms with E-state index in [0.717, 1.165) is 6.07 Å². The standard InChI is InChI=1S/C9H7F3O4S/c10-6-2-1-5(9(13)14)3-7(6)17(15,16)4-8(11)12/h1-3,8H,4H2,(H,13,14). The van der Waals surface area contributed by atoms with Crippen LogP contribution in [-0.4, -0.2) is 31.7 Å². The van der Waals surface area contributed by atoms with Crippen LogP contribution in [0, 0.1) is 5.82 Å². The molecule has 0 saturated heterocycles. The van der Waals surface area contributed by atoms with Crippen LogP contribution < -0.4 is 0 Å². The van der Waals surface area contributed by atoms with Gasteiger partial charge in [0.15, 0.2) is 9.84 Å². The third-order valence-corrected chi connectivity index (χ3v) is 3.53. The van der Waals surface area contributed by atoms with E-state index in [4.69, 9.17) is 5.11 Å². The van der Waals surface area contributed by atoms with Gasteiger partial charge in [-0.05, 0) is 18.2 Å². The Bertz CT molecular complexity index is 539. The fraction of sp³-hybridized carbons (Fsp3) is 0.222. The molecule has 0 radical (unpaired) electrons. The van der Waals surface area contributed by atoms with E-state index in [1.807, 2.05) is 0 Å². The van der Waals surface area contributed by atoms with Gasteiger partial charge in [-0.15, -0.1) is 0 Å². The van der Waals surface area contributed by atoms with Crippen molar-refractivity contribution in [3.63, 3.8) is 0 Å². The normalized spacial score (nSPS) is 11.8. The summed E-state index contributed by atoms with van der Waals surface area (Å²) in [6, 6.07) is 1.98. The minimum Gasteiger partial charge on any atom is -0.478 e. The first kappa shape index (κ1) is 13.5. The molecule has 0 saturated carbocycles. The van der Waals surface area contributed by atoms with Crippen molar-refractivity contribution in [1.29, 1.82) is 0 Å². The SMILES string of the molecule is O=C(O)c1ccc(F)c(S(=O)(=O)CC(F)F)c1. The van der Waals surface area contributed by atoms with Gasteiger partial charge in [-0.3, -0.25) is 0 Å². The molecule has 0 heterocycles. The van der Waals surface area contributed by atoms with Crippen LogP contribution in [0.3, 0.4) is 0 Å². The van der Waals surface area contributed by atoms with Crippen molar-refractivity contribution >= 4 is 15.8 Å². The second-order valence-corrected chi connectivity index (χ2v) is 5.13. The lowest BCUT2D eigenvalue weighted by molar-refractivity contribution is 0.0696. The molecule has 1 N–H and O–H groups in total. The molecule has 0 aliphatic rings.